The number of aliphatic hydroxyl groups is 1. The molecule has 0 bridgehead atoms. The van der Waals surface area contributed by atoms with Gasteiger partial charge in [0, 0.05) is 20.3 Å². The van der Waals surface area contributed by atoms with Gasteiger partial charge in [-0.1, -0.05) is 36.0 Å². The first-order valence-electron chi connectivity index (χ1n) is 6.36. The lowest BCUT2D eigenvalue weighted by Gasteiger charge is -2.08. The van der Waals surface area contributed by atoms with Gasteiger partial charge in [-0.25, -0.2) is 0 Å². The van der Waals surface area contributed by atoms with Crippen molar-refractivity contribution in [1.29, 1.82) is 0 Å². The lowest BCUT2D eigenvalue weighted by atomic mass is 10.1. The van der Waals surface area contributed by atoms with Crippen molar-refractivity contribution in [3.63, 3.8) is 0 Å². The molecule has 3 aromatic rings. The molecule has 0 aliphatic rings. The van der Waals surface area contributed by atoms with Crippen molar-refractivity contribution >= 4 is 38.6 Å². The highest BCUT2D eigenvalue weighted by Crippen LogP contribution is 2.35. The van der Waals surface area contributed by atoms with Crippen LogP contribution in [-0.4, -0.2) is 10.1 Å². The number of hydrogen-bond acceptors (Lipinski definition) is 2. The Labute approximate surface area is 130 Å². The van der Waals surface area contributed by atoms with Crippen LogP contribution in [0.25, 0.3) is 10.9 Å². The molecule has 2 aromatic carbocycles. The van der Waals surface area contributed by atoms with E-state index in [1.54, 1.807) is 18.7 Å². The van der Waals surface area contributed by atoms with Gasteiger partial charge in [0.25, 0.3) is 0 Å². The zero-order valence-electron chi connectivity index (χ0n) is 10.9. The van der Waals surface area contributed by atoms with Crippen LogP contribution in [0, 0.1) is 0 Å². The van der Waals surface area contributed by atoms with Crippen molar-refractivity contribution < 1.29 is 5.11 Å². The Kier molecular flexibility index (Phi) is 3.87. The third-order valence-corrected chi connectivity index (χ3v) is 5.10. The first-order chi connectivity index (χ1) is 9.63. The summed E-state index contributed by atoms with van der Waals surface area (Å²) < 4.78 is 1.000. The van der Waals surface area contributed by atoms with Gasteiger partial charge in [0.15, 0.2) is 0 Å². The number of rotatable bonds is 3. The van der Waals surface area contributed by atoms with Gasteiger partial charge in [0.1, 0.15) is 0 Å². The number of halogens is 1. The number of aromatic nitrogens is 1. The average molecular weight is 348 g/mol. The van der Waals surface area contributed by atoms with E-state index in [1.807, 2.05) is 30.3 Å². The second-order valence-electron chi connectivity index (χ2n) is 4.69. The summed E-state index contributed by atoms with van der Waals surface area (Å²) in [5.74, 6) is 0. The smallest absolute Gasteiger partial charge is 0.0781 e. The highest BCUT2D eigenvalue weighted by Gasteiger charge is 2.08. The van der Waals surface area contributed by atoms with Crippen LogP contribution in [0.5, 0.6) is 0 Å². The van der Waals surface area contributed by atoms with Gasteiger partial charge in [-0.05, 0) is 52.7 Å². The molecule has 1 aromatic heterocycles. The first kappa shape index (κ1) is 13.7. The van der Waals surface area contributed by atoms with Crippen molar-refractivity contribution in [2.45, 2.75) is 22.9 Å². The maximum atomic E-state index is 9.59. The van der Waals surface area contributed by atoms with Gasteiger partial charge in [-0.2, -0.15) is 0 Å². The van der Waals surface area contributed by atoms with E-state index in [1.165, 1.54) is 5.39 Å². The Hall–Kier alpha value is -1.23. The summed E-state index contributed by atoms with van der Waals surface area (Å²) in [6.07, 6.45) is -0.446. The summed E-state index contributed by atoms with van der Waals surface area (Å²) in [5, 5.41) is 11.9. The highest BCUT2D eigenvalue weighted by molar-refractivity contribution is 9.10. The molecule has 0 spiro atoms. The fourth-order valence-corrected chi connectivity index (χ4v) is 3.60. The largest absolute Gasteiger partial charge is 0.389 e. The molecule has 0 unspecified atom stereocenters. The van der Waals surface area contributed by atoms with Crippen LogP contribution in [0.3, 0.4) is 0 Å². The average Bonchev–Trinajstić information content (AvgIpc) is 2.83. The number of aromatic amines is 1. The molecule has 3 rings (SSSR count). The Morgan fingerprint density at radius 3 is 2.65 bits per heavy atom. The van der Waals surface area contributed by atoms with Gasteiger partial charge in [0.05, 0.1) is 11.1 Å². The lowest BCUT2D eigenvalue weighted by molar-refractivity contribution is 0.199. The van der Waals surface area contributed by atoms with Crippen LogP contribution in [0.4, 0.5) is 0 Å². The number of nitrogens with one attached hydrogen (secondary N) is 1. The van der Waals surface area contributed by atoms with Crippen molar-refractivity contribution in [2.24, 2.45) is 0 Å². The van der Waals surface area contributed by atoms with Crippen molar-refractivity contribution in [3.8, 4) is 0 Å². The van der Waals surface area contributed by atoms with Crippen LogP contribution in [0.2, 0.25) is 0 Å². The Balaban J connectivity index is 1.90. The van der Waals surface area contributed by atoms with E-state index in [9.17, 15) is 5.11 Å². The molecule has 2 nitrogen and oxygen atoms in total. The SMILES string of the molecule is C[C@@H](O)c1ccc(Sc2cc3ccccc3[nH]2)c(Br)c1. The molecule has 0 radical (unpaired) electrons. The Bertz CT molecular complexity index is 718. The summed E-state index contributed by atoms with van der Waals surface area (Å²) in [6.45, 7) is 1.77. The predicted molar refractivity (Wildman–Crippen MR) is 87.2 cm³/mol. The van der Waals surface area contributed by atoms with Gasteiger partial charge >= 0.3 is 0 Å². The minimum atomic E-state index is -0.446. The van der Waals surface area contributed by atoms with E-state index >= 15 is 0 Å². The van der Waals surface area contributed by atoms with Crippen molar-refractivity contribution in [1.82, 2.24) is 4.98 Å². The minimum absolute atomic E-state index is 0.446. The number of hydrogen-bond donors (Lipinski definition) is 2. The maximum Gasteiger partial charge on any atom is 0.0781 e. The normalized spacial score (nSPS) is 12.8. The van der Waals surface area contributed by atoms with Crippen LogP contribution >= 0.6 is 27.7 Å². The molecule has 0 saturated carbocycles. The molecule has 0 aliphatic carbocycles. The topological polar surface area (TPSA) is 36.0 Å². The van der Waals surface area contributed by atoms with Crippen LogP contribution in [0.15, 0.2) is 62.9 Å². The van der Waals surface area contributed by atoms with Gasteiger partial charge in [-0.15, -0.1) is 0 Å². The predicted octanol–water partition coefficient (Wildman–Crippen LogP) is 5.13. The van der Waals surface area contributed by atoms with E-state index in [0.29, 0.717) is 0 Å². The molecular weight excluding hydrogens is 334 g/mol. The number of aliphatic hydroxyl groups excluding tert-OH is 1. The lowest BCUT2D eigenvalue weighted by Crippen LogP contribution is -1.90. The van der Waals surface area contributed by atoms with Crippen LogP contribution in [-0.2, 0) is 0 Å². The molecule has 0 amide bonds. The van der Waals surface area contributed by atoms with Crippen LogP contribution < -0.4 is 0 Å². The monoisotopic (exact) mass is 347 g/mol. The molecule has 0 fully saturated rings. The summed E-state index contributed by atoms with van der Waals surface area (Å²) in [7, 11) is 0. The molecular formula is C16H14BrNOS. The molecule has 1 atom stereocenters. The summed E-state index contributed by atoms with van der Waals surface area (Å²) in [6, 6.07) is 16.3. The minimum Gasteiger partial charge on any atom is -0.389 e. The van der Waals surface area contributed by atoms with E-state index in [4.69, 9.17) is 0 Å². The number of para-hydroxylation sites is 1. The molecule has 1 heterocycles. The maximum absolute atomic E-state index is 9.59. The standard InChI is InChI=1S/C16H14BrNOS/c1-10(19)11-6-7-15(13(17)8-11)20-16-9-12-4-2-3-5-14(12)18-16/h2-10,18-19H,1H3/t10-/m1/s1. The van der Waals surface area contributed by atoms with Crippen molar-refractivity contribution in [2.75, 3.05) is 0 Å². The van der Waals surface area contributed by atoms with E-state index in [0.717, 1.165) is 25.5 Å². The van der Waals surface area contributed by atoms with E-state index in [-0.39, 0.29) is 0 Å². The number of fused-ring (bicyclic) bond motifs is 1. The van der Waals surface area contributed by atoms with E-state index in [2.05, 4.69) is 39.1 Å². The molecule has 2 N–H and O–H groups in total. The van der Waals surface area contributed by atoms with Gasteiger partial charge in [-0.3, -0.25) is 0 Å². The summed E-state index contributed by atoms with van der Waals surface area (Å²) >= 11 is 5.25. The van der Waals surface area contributed by atoms with Gasteiger partial charge in [0.2, 0.25) is 0 Å². The first-order valence-corrected chi connectivity index (χ1v) is 7.97. The number of H-pyrrole nitrogens is 1. The molecule has 0 aliphatic heterocycles. The number of benzene rings is 2. The third kappa shape index (κ3) is 2.77. The second kappa shape index (κ2) is 5.64. The highest BCUT2D eigenvalue weighted by atomic mass is 79.9. The quantitative estimate of drug-likeness (QED) is 0.688. The molecule has 0 saturated heterocycles. The summed E-state index contributed by atoms with van der Waals surface area (Å²) in [4.78, 5) is 4.53. The molecule has 20 heavy (non-hydrogen) atoms. The van der Waals surface area contributed by atoms with E-state index < -0.39 is 6.10 Å². The second-order valence-corrected chi connectivity index (χ2v) is 6.63. The Morgan fingerprint density at radius 1 is 1.15 bits per heavy atom. The van der Waals surface area contributed by atoms with Gasteiger partial charge < -0.3 is 10.1 Å². The van der Waals surface area contributed by atoms with Crippen LogP contribution in [0.1, 0.15) is 18.6 Å². The molecule has 102 valence electrons. The zero-order valence-corrected chi connectivity index (χ0v) is 13.3. The third-order valence-electron chi connectivity index (χ3n) is 3.16. The molecule has 4 heteroatoms. The fraction of sp³-hybridized carbons (Fsp3) is 0.125. The van der Waals surface area contributed by atoms with Crippen molar-refractivity contribution in [3.05, 3.63) is 58.6 Å². The Morgan fingerprint density at radius 2 is 1.95 bits per heavy atom. The summed E-state index contributed by atoms with van der Waals surface area (Å²) in [5.41, 5.74) is 2.06. The fourth-order valence-electron chi connectivity index (χ4n) is 2.08. The zero-order chi connectivity index (χ0) is 14.1.